The second kappa shape index (κ2) is 6.35. The van der Waals surface area contributed by atoms with Gasteiger partial charge in [0.15, 0.2) is 0 Å². The van der Waals surface area contributed by atoms with E-state index in [0.29, 0.717) is 6.54 Å². The van der Waals surface area contributed by atoms with Gasteiger partial charge >= 0.3 is 0 Å². The van der Waals surface area contributed by atoms with Crippen LogP contribution in [-0.4, -0.2) is 35.2 Å². The first-order valence-electron chi connectivity index (χ1n) is 6.40. The second-order valence-electron chi connectivity index (χ2n) is 4.83. The molecule has 108 valence electrons. The molecule has 2 aromatic rings. The van der Waals surface area contributed by atoms with Crippen molar-refractivity contribution in [3.63, 3.8) is 0 Å². The maximum Gasteiger partial charge on any atom is 0.141 e. The summed E-state index contributed by atoms with van der Waals surface area (Å²) in [5.74, 6) is -0.426. The van der Waals surface area contributed by atoms with Crippen LogP contribution in [-0.2, 0) is 6.54 Å². The highest BCUT2D eigenvalue weighted by atomic mass is 35.5. The van der Waals surface area contributed by atoms with Gasteiger partial charge in [-0.05, 0) is 32.2 Å². The molecule has 0 saturated carbocycles. The minimum atomic E-state index is -0.426. The zero-order valence-electron chi connectivity index (χ0n) is 11.6. The Morgan fingerprint density at radius 2 is 2.20 bits per heavy atom. The Morgan fingerprint density at radius 3 is 2.85 bits per heavy atom. The molecule has 0 aliphatic carbocycles. The van der Waals surface area contributed by atoms with E-state index in [9.17, 15) is 4.39 Å². The van der Waals surface area contributed by atoms with Crippen molar-refractivity contribution < 1.29 is 4.39 Å². The van der Waals surface area contributed by atoms with Crippen molar-refractivity contribution in [2.75, 3.05) is 20.1 Å². The molecule has 0 unspecified atom stereocenters. The van der Waals surface area contributed by atoms with E-state index in [1.165, 1.54) is 6.07 Å². The topological polar surface area (TPSA) is 57.9 Å². The fourth-order valence-corrected chi connectivity index (χ4v) is 2.28. The average Bonchev–Trinajstić information content (AvgIpc) is 2.75. The van der Waals surface area contributed by atoms with Crippen molar-refractivity contribution in [1.82, 2.24) is 15.1 Å². The van der Waals surface area contributed by atoms with Crippen molar-refractivity contribution in [1.29, 1.82) is 0 Å². The average molecular weight is 297 g/mol. The first-order valence-corrected chi connectivity index (χ1v) is 6.78. The third-order valence-electron chi connectivity index (χ3n) is 3.21. The first-order chi connectivity index (χ1) is 9.52. The van der Waals surface area contributed by atoms with E-state index >= 15 is 0 Å². The van der Waals surface area contributed by atoms with Crippen LogP contribution in [0.15, 0.2) is 18.2 Å². The Hall–Kier alpha value is -1.43. The summed E-state index contributed by atoms with van der Waals surface area (Å²) in [5, 5.41) is 7.38. The second-order valence-corrected chi connectivity index (χ2v) is 5.24. The van der Waals surface area contributed by atoms with Crippen molar-refractivity contribution in [2.24, 2.45) is 5.73 Å². The van der Waals surface area contributed by atoms with E-state index in [1.807, 2.05) is 14.0 Å². The molecule has 0 radical (unpaired) electrons. The highest BCUT2D eigenvalue weighted by Gasteiger charge is 2.15. The van der Waals surface area contributed by atoms with Gasteiger partial charge in [0.2, 0.25) is 0 Å². The number of aryl methyl sites for hydroxylation is 1. The summed E-state index contributed by atoms with van der Waals surface area (Å²) in [6, 6.07) is 4.64. The van der Waals surface area contributed by atoms with Crippen LogP contribution in [0.5, 0.6) is 0 Å². The van der Waals surface area contributed by atoms with Gasteiger partial charge in [-0.25, -0.2) is 4.39 Å². The van der Waals surface area contributed by atoms with E-state index in [4.69, 9.17) is 17.3 Å². The lowest BCUT2D eigenvalue weighted by molar-refractivity contribution is 0.336. The smallest absolute Gasteiger partial charge is 0.141 e. The molecule has 0 spiro atoms. The number of nitrogens with one attached hydrogen (secondary N) is 1. The Balaban J connectivity index is 2.34. The predicted molar refractivity (Wildman–Crippen MR) is 79.1 cm³/mol. The zero-order valence-corrected chi connectivity index (χ0v) is 12.3. The molecule has 1 heterocycles. The molecule has 3 N–H and O–H groups in total. The lowest BCUT2D eigenvalue weighted by Gasteiger charge is -2.16. The van der Waals surface area contributed by atoms with Crippen LogP contribution in [0.2, 0.25) is 5.02 Å². The molecular weight excluding hydrogens is 279 g/mol. The number of likely N-dealkylation sites (N-methyl/N-ethyl adjacent to an activating group) is 1. The van der Waals surface area contributed by atoms with E-state index in [1.54, 1.807) is 12.1 Å². The Labute approximate surface area is 122 Å². The van der Waals surface area contributed by atoms with Gasteiger partial charge < -0.3 is 10.6 Å². The lowest BCUT2D eigenvalue weighted by atomic mass is 10.1. The van der Waals surface area contributed by atoms with Crippen molar-refractivity contribution in [3.05, 3.63) is 40.3 Å². The zero-order chi connectivity index (χ0) is 14.7. The molecule has 0 saturated heterocycles. The van der Waals surface area contributed by atoms with Crippen LogP contribution in [0.1, 0.15) is 11.3 Å². The molecule has 6 heteroatoms. The third kappa shape index (κ3) is 3.17. The van der Waals surface area contributed by atoms with Gasteiger partial charge in [-0.15, -0.1) is 0 Å². The Morgan fingerprint density at radius 1 is 1.45 bits per heavy atom. The largest absolute Gasteiger partial charge is 0.329 e. The summed E-state index contributed by atoms with van der Waals surface area (Å²) in [7, 11) is 2.00. The van der Waals surface area contributed by atoms with Crippen LogP contribution in [0, 0.1) is 12.7 Å². The Kier molecular flexibility index (Phi) is 4.75. The van der Waals surface area contributed by atoms with Gasteiger partial charge in [-0.2, -0.15) is 5.10 Å². The quantitative estimate of drug-likeness (QED) is 0.891. The number of hydrogen-bond acceptors (Lipinski definition) is 3. The molecule has 20 heavy (non-hydrogen) atoms. The van der Waals surface area contributed by atoms with Crippen molar-refractivity contribution in [2.45, 2.75) is 13.5 Å². The summed E-state index contributed by atoms with van der Waals surface area (Å²) in [6.07, 6.45) is 0. The summed E-state index contributed by atoms with van der Waals surface area (Å²) >= 11 is 5.84. The molecule has 0 atom stereocenters. The van der Waals surface area contributed by atoms with Gasteiger partial charge in [0, 0.05) is 36.5 Å². The molecule has 1 aromatic carbocycles. The predicted octanol–water partition coefficient (Wildman–Crippen LogP) is 2.57. The molecule has 0 bridgehead atoms. The molecular formula is C14H18ClFN4. The van der Waals surface area contributed by atoms with Crippen LogP contribution < -0.4 is 5.73 Å². The van der Waals surface area contributed by atoms with E-state index in [-0.39, 0.29) is 5.02 Å². The molecule has 0 fully saturated rings. The number of nitrogens with zero attached hydrogens (tertiary/aromatic N) is 2. The summed E-state index contributed by atoms with van der Waals surface area (Å²) in [6.45, 7) is 4.09. The van der Waals surface area contributed by atoms with Crippen LogP contribution in [0.25, 0.3) is 11.3 Å². The van der Waals surface area contributed by atoms with Crippen LogP contribution >= 0.6 is 11.6 Å². The van der Waals surface area contributed by atoms with Gasteiger partial charge in [0.25, 0.3) is 0 Å². The maximum atomic E-state index is 13.2. The molecule has 0 amide bonds. The van der Waals surface area contributed by atoms with E-state index in [0.717, 1.165) is 35.6 Å². The number of rotatable bonds is 5. The third-order valence-corrected chi connectivity index (χ3v) is 3.50. The summed E-state index contributed by atoms with van der Waals surface area (Å²) in [4.78, 5) is 2.12. The fourth-order valence-electron chi connectivity index (χ4n) is 2.10. The summed E-state index contributed by atoms with van der Waals surface area (Å²) < 4.78 is 13.2. The molecule has 0 aliphatic rings. The lowest BCUT2D eigenvalue weighted by Crippen LogP contribution is -2.25. The van der Waals surface area contributed by atoms with Crippen LogP contribution in [0.3, 0.4) is 0 Å². The highest BCUT2D eigenvalue weighted by molar-refractivity contribution is 6.31. The Bertz CT molecular complexity index is 597. The summed E-state index contributed by atoms with van der Waals surface area (Å²) in [5.41, 5.74) is 9.22. The monoisotopic (exact) mass is 296 g/mol. The van der Waals surface area contributed by atoms with Crippen LogP contribution in [0.4, 0.5) is 4.39 Å². The van der Waals surface area contributed by atoms with Gasteiger partial charge in [0.05, 0.1) is 10.7 Å². The van der Waals surface area contributed by atoms with E-state index in [2.05, 4.69) is 15.1 Å². The number of H-pyrrole nitrogens is 1. The SMILES string of the molecule is Cc1[nH]nc(-c2ccc(F)c(Cl)c2)c1CN(C)CCN. The number of benzene rings is 1. The molecule has 1 aromatic heterocycles. The number of halogens is 2. The number of aromatic amines is 1. The molecule has 2 rings (SSSR count). The van der Waals surface area contributed by atoms with Crippen molar-refractivity contribution in [3.8, 4) is 11.3 Å². The van der Waals surface area contributed by atoms with Crippen molar-refractivity contribution >= 4 is 11.6 Å². The standard InChI is InChI=1S/C14H18ClFN4/c1-9-11(8-20(2)6-5-17)14(19-18-9)10-3-4-13(16)12(15)7-10/h3-4,7H,5-6,8,17H2,1-2H3,(H,18,19). The van der Waals surface area contributed by atoms with Gasteiger partial charge in [-0.1, -0.05) is 11.6 Å². The molecule has 4 nitrogen and oxygen atoms in total. The molecule has 0 aliphatic heterocycles. The maximum absolute atomic E-state index is 13.2. The van der Waals surface area contributed by atoms with Gasteiger partial charge in [0.1, 0.15) is 5.82 Å². The van der Waals surface area contributed by atoms with Gasteiger partial charge in [-0.3, -0.25) is 5.10 Å². The normalized spacial score (nSPS) is 11.3. The van der Waals surface area contributed by atoms with E-state index < -0.39 is 5.82 Å². The first kappa shape index (κ1) is 15.0. The minimum Gasteiger partial charge on any atom is -0.329 e. The number of aromatic nitrogens is 2. The highest BCUT2D eigenvalue weighted by Crippen LogP contribution is 2.28. The number of nitrogens with two attached hydrogens (primary N) is 1. The number of hydrogen-bond donors (Lipinski definition) is 2. The minimum absolute atomic E-state index is 0.101. The fraction of sp³-hybridized carbons (Fsp3) is 0.357.